The van der Waals surface area contributed by atoms with Crippen LogP contribution in [-0.2, 0) is 14.2 Å². The summed E-state index contributed by atoms with van der Waals surface area (Å²) < 4.78 is 16.1. The van der Waals surface area contributed by atoms with E-state index in [1.54, 1.807) is 24.3 Å². The van der Waals surface area contributed by atoms with E-state index in [1.165, 1.54) is 19.5 Å². The minimum Gasteiger partial charge on any atom is -0.465 e. The number of nitrogens with one attached hydrogen (secondary N) is 1. The van der Waals surface area contributed by atoms with Gasteiger partial charge < -0.3 is 24.4 Å². The number of carbonyl (C=O) groups is 2. The van der Waals surface area contributed by atoms with Crippen molar-refractivity contribution in [3.05, 3.63) is 47.8 Å². The normalized spacial score (nSPS) is 17.9. The summed E-state index contributed by atoms with van der Waals surface area (Å²) in [6.45, 7) is 2.76. The quantitative estimate of drug-likeness (QED) is 0.779. The summed E-state index contributed by atoms with van der Waals surface area (Å²) >= 11 is 0. The van der Waals surface area contributed by atoms with Gasteiger partial charge in [0.05, 0.1) is 31.5 Å². The van der Waals surface area contributed by atoms with E-state index in [0.29, 0.717) is 36.0 Å². The first-order chi connectivity index (χ1) is 14.1. The highest BCUT2D eigenvalue weighted by Gasteiger charge is 2.40. The molecule has 152 valence electrons. The molecule has 0 saturated carbocycles. The number of aromatic nitrogens is 2. The lowest BCUT2D eigenvalue weighted by molar-refractivity contribution is -0.169. The molecule has 1 N–H and O–H groups in total. The van der Waals surface area contributed by atoms with Crippen LogP contribution >= 0.6 is 0 Å². The number of esters is 1. The van der Waals surface area contributed by atoms with E-state index in [-0.39, 0.29) is 5.91 Å². The summed E-state index contributed by atoms with van der Waals surface area (Å²) in [5, 5.41) is 2.76. The second-order valence-corrected chi connectivity index (χ2v) is 6.89. The summed E-state index contributed by atoms with van der Waals surface area (Å²) in [5.74, 6) is -0.620. The molecule has 0 aliphatic carbocycles. The van der Waals surface area contributed by atoms with Gasteiger partial charge in [-0.15, -0.1) is 0 Å². The van der Waals surface area contributed by atoms with Crippen LogP contribution < -0.4 is 10.2 Å². The van der Waals surface area contributed by atoms with E-state index in [2.05, 4.69) is 24.9 Å². The van der Waals surface area contributed by atoms with Gasteiger partial charge in [-0.3, -0.25) is 4.79 Å². The van der Waals surface area contributed by atoms with Crippen LogP contribution in [0.1, 0.15) is 33.6 Å². The molecule has 4 rings (SSSR count). The first-order valence-corrected chi connectivity index (χ1v) is 9.43. The third-order valence-electron chi connectivity index (χ3n) is 5.09. The number of piperidine rings is 1. The van der Waals surface area contributed by atoms with Crippen molar-refractivity contribution in [2.45, 2.75) is 18.6 Å². The number of hydrogen-bond donors (Lipinski definition) is 1. The van der Waals surface area contributed by atoms with Gasteiger partial charge >= 0.3 is 5.97 Å². The van der Waals surface area contributed by atoms with Crippen LogP contribution in [0.25, 0.3) is 0 Å². The summed E-state index contributed by atoms with van der Waals surface area (Å²) in [4.78, 5) is 34.6. The lowest BCUT2D eigenvalue weighted by Gasteiger charge is -2.37. The minimum absolute atomic E-state index is 0.326. The molecule has 29 heavy (non-hydrogen) atoms. The average Bonchev–Trinajstić information content (AvgIpc) is 3.22. The molecule has 2 saturated heterocycles. The number of nitrogens with zero attached hydrogens (tertiary/aromatic N) is 3. The van der Waals surface area contributed by atoms with Crippen LogP contribution in [-0.4, -0.2) is 61.0 Å². The first-order valence-electron chi connectivity index (χ1n) is 9.43. The Balaban J connectivity index is 1.35. The molecule has 0 unspecified atom stereocenters. The zero-order valence-electron chi connectivity index (χ0n) is 16.1. The predicted molar refractivity (Wildman–Crippen MR) is 104 cm³/mol. The largest absolute Gasteiger partial charge is 0.465 e. The molecule has 0 atom stereocenters. The standard InChI is InChI=1S/C20H22N4O5/c1-27-18(26)14-2-4-16(5-3-14)23-17(25)15-12-21-19(22-13-15)24-8-6-20(7-9-24)28-10-11-29-20/h2-5,12-13H,6-11H2,1H3,(H,23,25). The maximum Gasteiger partial charge on any atom is 0.337 e. The van der Waals surface area contributed by atoms with Crippen LogP contribution in [0.3, 0.4) is 0 Å². The van der Waals surface area contributed by atoms with Gasteiger partial charge in [0, 0.05) is 44.0 Å². The van der Waals surface area contributed by atoms with Gasteiger partial charge in [-0.25, -0.2) is 14.8 Å². The zero-order chi connectivity index (χ0) is 20.3. The van der Waals surface area contributed by atoms with E-state index in [1.807, 2.05) is 0 Å². The SMILES string of the molecule is COC(=O)c1ccc(NC(=O)c2cnc(N3CCC4(CC3)OCCO4)nc2)cc1. The van der Waals surface area contributed by atoms with Crippen molar-refractivity contribution in [2.24, 2.45) is 0 Å². The fourth-order valence-electron chi connectivity index (χ4n) is 3.45. The van der Waals surface area contributed by atoms with E-state index < -0.39 is 11.8 Å². The van der Waals surface area contributed by atoms with Gasteiger partial charge in [0.2, 0.25) is 5.95 Å². The zero-order valence-corrected chi connectivity index (χ0v) is 16.1. The number of hydrogen-bond acceptors (Lipinski definition) is 8. The van der Waals surface area contributed by atoms with E-state index in [9.17, 15) is 9.59 Å². The van der Waals surface area contributed by atoms with Gasteiger partial charge in [0.1, 0.15) is 0 Å². The Morgan fingerprint density at radius 1 is 1.03 bits per heavy atom. The molecule has 1 aromatic heterocycles. The summed E-state index contributed by atoms with van der Waals surface area (Å²) in [6.07, 6.45) is 4.54. The second kappa shape index (κ2) is 8.14. The number of ether oxygens (including phenoxy) is 3. The summed E-state index contributed by atoms with van der Waals surface area (Å²) in [6, 6.07) is 6.44. The van der Waals surface area contributed by atoms with Crippen LogP contribution in [0.2, 0.25) is 0 Å². The first kappa shape index (κ1) is 19.3. The highest BCUT2D eigenvalue weighted by Crippen LogP contribution is 2.32. The van der Waals surface area contributed by atoms with Crippen molar-refractivity contribution in [3.8, 4) is 0 Å². The Labute approximate surface area is 168 Å². The molecular weight excluding hydrogens is 376 g/mol. The number of rotatable bonds is 4. The van der Waals surface area contributed by atoms with E-state index in [0.717, 1.165) is 25.9 Å². The highest BCUT2D eigenvalue weighted by molar-refractivity contribution is 6.04. The predicted octanol–water partition coefficient (Wildman–Crippen LogP) is 1.86. The third kappa shape index (κ3) is 4.20. The van der Waals surface area contributed by atoms with Crippen molar-refractivity contribution in [3.63, 3.8) is 0 Å². The molecule has 0 bridgehead atoms. The van der Waals surface area contributed by atoms with Crippen molar-refractivity contribution >= 4 is 23.5 Å². The van der Waals surface area contributed by atoms with Gasteiger partial charge in [-0.05, 0) is 24.3 Å². The molecule has 9 heteroatoms. The van der Waals surface area contributed by atoms with Crippen LogP contribution in [0.5, 0.6) is 0 Å². The van der Waals surface area contributed by atoms with Crippen molar-refractivity contribution in [1.29, 1.82) is 0 Å². The maximum atomic E-state index is 12.4. The van der Waals surface area contributed by atoms with Crippen LogP contribution in [0.15, 0.2) is 36.7 Å². The van der Waals surface area contributed by atoms with Crippen molar-refractivity contribution in [2.75, 3.05) is 43.6 Å². The third-order valence-corrected chi connectivity index (χ3v) is 5.09. The molecule has 3 heterocycles. The second-order valence-electron chi connectivity index (χ2n) is 6.89. The highest BCUT2D eigenvalue weighted by atomic mass is 16.7. The molecular formula is C20H22N4O5. The maximum absolute atomic E-state index is 12.4. The smallest absolute Gasteiger partial charge is 0.337 e. The molecule has 2 aliphatic rings. The average molecular weight is 398 g/mol. The lowest BCUT2D eigenvalue weighted by Crippen LogP contribution is -2.45. The van der Waals surface area contributed by atoms with Crippen molar-refractivity contribution < 1.29 is 23.8 Å². The Morgan fingerprint density at radius 2 is 1.66 bits per heavy atom. The summed E-state index contributed by atoms with van der Waals surface area (Å²) in [7, 11) is 1.32. The Hall–Kier alpha value is -3.04. The topological polar surface area (TPSA) is 103 Å². The molecule has 2 aromatic rings. The van der Waals surface area contributed by atoms with Crippen LogP contribution in [0.4, 0.5) is 11.6 Å². The fraction of sp³-hybridized carbons (Fsp3) is 0.400. The number of anilines is 2. The molecule has 2 fully saturated rings. The molecule has 9 nitrogen and oxygen atoms in total. The monoisotopic (exact) mass is 398 g/mol. The Kier molecular flexibility index (Phi) is 5.41. The lowest BCUT2D eigenvalue weighted by atomic mass is 10.0. The van der Waals surface area contributed by atoms with Gasteiger partial charge in [-0.1, -0.05) is 0 Å². The number of carbonyl (C=O) groups excluding carboxylic acids is 2. The van der Waals surface area contributed by atoms with Gasteiger partial charge in [0.15, 0.2) is 5.79 Å². The Morgan fingerprint density at radius 3 is 2.24 bits per heavy atom. The van der Waals surface area contributed by atoms with Gasteiger partial charge in [0.25, 0.3) is 5.91 Å². The summed E-state index contributed by atoms with van der Waals surface area (Å²) in [5.41, 5.74) is 1.32. The minimum atomic E-state index is -0.445. The molecule has 1 amide bonds. The number of benzene rings is 1. The Bertz CT molecular complexity index is 869. The number of methoxy groups -OCH3 is 1. The molecule has 1 spiro atoms. The molecule has 1 aromatic carbocycles. The molecule has 2 aliphatic heterocycles. The van der Waals surface area contributed by atoms with E-state index in [4.69, 9.17) is 9.47 Å². The van der Waals surface area contributed by atoms with Gasteiger partial charge in [-0.2, -0.15) is 0 Å². The number of amides is 1. The van der Waals surface area contributed by atoms with Crippen molar-refractivity contribution in [1.82, 2.24) is 9.97 Å². The fourth-order valence-corrected chi connectivity index (χ4v) is 3.45. The molecule has 0 radical (unpaired) electrons. The van der Waals surface area contributed by atoms with Crippen LogP contribution in [0, 0.1) is 0 Å². The van der Waals surface area contributed by atoms with E-state index >= 15 is 0 Å².